The van der Waals surface area contributed by atoms with Crippen molar-refractivity contribution in [1.29, 1.82) is 0 Å². The maximum Gasteiger partial charge on any atom is 0.267 e. The molecule has 1 aromatic rings. The van der Waals surface area contributed by atoms with Crippen LogP contribution in [0, 0.1) is 12.8 Å². The van der Waals surface area contributed by atoms with Crippen molar-refractivity contribution < 1.29 is 0 Å². The molecular formula is C11H17BrN2O. The first-order valence-electron chi connectivity index (χ1n) is 5.27. The Morgan fingerprint density at radius 2 is 2.27 bits per heavy atom. The average molecular weight is 273 g/mol. The van der Waals surface area contributed by atoms with Gasteiger partial charge in [0.15, 0.2) is 0 Å². The van der Waals surface area contributed by atoms with Crippen molar-refractivity contribution in [2.45, 2.75) is 40.2 Å². The molecule has 0 fully saturated rings. The van der Waals surface area contributed by atoms with E-state index >= 15 is 0 Å². The first-order chi connectivity index (χ1) is 7.06. The highest BCUT2D eigenvalue weighted by molar-refractivity contribution is 9.10. The molecule has 0 aliphatic carbocycles. The lowest BCUT2D eigenvalue weighted by atomic mass is 10.1. The lowest BCUT2D eigenvalue weighted by Gasteiger charge is -2.12. The topological polar surface area (TPSA) is 34.9 Å². The first-order valence-corrected chi connectivity index (χ1v) is 6.07. The van der Waals surface area contributed by atoms with Gasteiger partial charge in [-0.05, 0) is 35.2 Å². The summed E-state index contributed by atoms with van der Waals surface area (Å²) in [5.41, 5.74) is 0.768. The molecule has 3 nitrogen and oxygen atoms in total. The van der Waals surface area contributed by atoms with Crippen LogP contribution in [0.4, 0.5) is 0 Å². The van der Waals surface area contributed by atoms with Gasteiger partial charge in [-0.1, -0.05) is 20.3 Å². The van der Waals surface area contributed by atoms with E-state index in [0.29, 0.717) is 10.4 Å². The highest BCUT2D eigenvalue weighted by atomic mass is 79.9. The van der Waals surface area contributed by atoms with E-state index in [1.54, 1.807) is 10.9 Å². The van der Waals surface area contributed by atoms with Crippen LogP contribution in [0.5, 0.6) is 0 Å². The van der Waals surface area contributed by atoms with Gasteiger partial charge in [0.05, 0.1) is 12.0 Å². The fourth-order valence-electron chi connectivity index (χ4n) is 1.60. The Bertz CT molecular complexity index is 387. The van der Waals surface area contributed by atoms with E-state index in [2.05, 4.69) is 34.8 Å². The third-order valence-corrected chi connectivity index (χ3v) is 3.36. The predicted octanol–water partition coefficient (Wildman–Crippen LogP) is 2.75. The molecule has 0 aliphatic heterocycles. The molecular weight excluding hydrogens is 256 g/mol. The van der Waals surface area contributed by atoms with Crippen LogP contribution >= 0.6 is 15.9 Å². The van der Waals surface area contributed by atoms with Crippen molar-refractivity contribution >= 4 is 15.9 Å². The minimum Gasteiger partial charge on any atom is -0.298 e. The van der Waals surface area contributed by atoms with E-state index in [-0.39, 0.29) is 5.56 Å². The lowest BCUT2D eigenvalue weighted by molar-refractivity contribution is 0.434. The molecule has 15 heavy (non-hydrogen) atoms. The number of aryl methyl sites for hydroxylation is 1. The summed E-state index contributed by atoms with van der Waals surface area (Å²) < 4.78 is 2.26. The Balaban J connectivity index is 2.87. The van der Waals surface area contributed by atoms with E-state index in [1.807, 2.05) is 6.92 Å². The van der Waals surface area contributed by atoms with Gasteiger partial charge in [0, 0.05) is 6.54 Å². The van der Waals surface area contributed by atoms with Crippen molar-refractivity contribution in [3.63, 3.8) is 0 Å². The van der Waals surface area contributed by atoms with Gasteiger partial charge in [-0.3, -0.25) is 9.36 Å². The summed E-state index contributed by atoms with van der Waals surface area (Å²) in [6, 6.07) is 0. The van der Waals surface area contributed by atoms with Crippen LogP contribution < -0.4 is 5.56 Å². The SMILES string of the molecule is CCCC(C)Cn1cnc(C)c(Br)c1=O. The summed E-state index contributed by atoms with van der Waals surface area (Å²) in [4.78, 5) is 16.0. The van der Waals surface area contributed by atoms with Gasteiger partial charge in [-0.25, -0.2) is 4.98 Å². The van der Waals surface area contributed by atoms with E-state index in [1.165, 1.54) is 0 Å². The zero-order chi connectivity index (χ0) is 11.4. The second-order valence-electron chi connectivity index (χ2n) is 4.00. The number of hydrogen-bond donors (Lipinski definition) is 0. The largest absolute Gasteiger partial charge is 0.298 e. The third kappa shape index (κ3) is 3.16. The van der Waals surface area contributed by atoms with Crippen molar-refractivity contribution in [2.75, 3.05) is 0 Å². The van der Waals surface area contributed by atoms with Gasteiger partial charge in [0.25, 0.3) is 5.56 Å². The highest BCUT2D eigenvalue weighted by Crippen LogP contribution is 2.09. The second kappa shape index (κ2) is 5.45. The van der Waals surface area contributed by atoms with E-state index in [4.69, 9.17) is 0 Å². The summed E-state index contributed by atoms with van der Waals surface area (Å²) >= 11 is 3.26. The van der Waals surface area contributed by atoms with E-state index in [0.717, 1.165) is 25.1 Å². The van der Waals surface area contributed by atoms with Crippen LogP contribution in [-0.2, 0) is 6.54 Å². The van der Waals surface area contributed by atoms with Gasteiger partial charge in [0.2, 0.25) is 0 Å². The fraction of sp³-hybridized carbons (Fsp3) is 0.636. The standard InChI is InChI=1S/C11H17BrN2O/c1-4-5-8(2)6-14-7-13-9(3)10(12)11(14)15/h7-8H,4-6H2,1-3H3. The molecule has 0 aliphatic rings. The minimum atomic E-state index is 0.0189. The van der Waals surface area contributed by atoms with Crippen molar-refractivity contribution in [3.8, 4) is 0 Å². The molecule has 1 heterocycles. The Kier molecular flexibility index (Phi) is 4.51. The molecule has 0 radical (unpaired) electrons. The average Bonchev–Trinajstić information content (AvgIpc) is 2.20. The molecule has 1 atom stereocenters. The molecule has 1 rings (SSSR count). The van der Waals surface area contributed by atoms with E-state index < -0.39 is 0 Å². The minimum absolute atomic E-state index is 0.0189. The maximum atomic E-state index is 11.8. The molecule has 4 heteroatoms. The zero-order valence-electron chi connectivity index (χ0n) is 9.46. The molecule has 1 unspecified atom stereocenters. The predicted molar refractivity (Wildman–Crippen MR) is 65.0 cm³/mol. The smallest absolute Gasteiger partial charge is 0.267 e. The summed E-state index contributed by atoms with van der Waals surface area (Å²) in [5, 5.41) is 0. The monoisotopic (exact) mass is 272 g/mol. The van der Waals surface area contributed by atoms with Gasteiger partial charge in [-0.2, -0.15) is 0 Å². The first kappa shape index (κ1) is 12.4. The fourth-order valence-corrected chi connectivity index (χ4v) is 1.93. The molecule has 84 valence electrons. The number of rotatable bonds is 4. The van der Waals surface area contributed by atoms with Gasteiger partial charge < -0.3 is 0 Å². The number of aromatic nitrogens is 2. The summed E-state index contributed by atoms with van der Waals surface area (Å²) in [6.45, 7) is 6.89. The molecule has 0 saturated carbocycles. The molecule has 0 N–H and O–H groups in total. The third-order valence-electron chi connectivity index (χ3n) is 2.45. The van der Waals surface area contributed by atoms with Crippen LogP contribution in [0.3, 0.4) is 0 Å². The van der Waals surface area contributed by atoms with Crippen LogP contribution in [0.2, 0.25) is 0 Å². The Morgan fingerprint density at radius 1 is 1.60 bits per heavy atom. The quantitative estimate of drug-likeness (QED) is 0.845. The maximum absolute atomic E-state index is 11.8. The Labute approximate surface area is 98.7 Å². The Morgan fingerprint density at radius 3 is 2.87 bits per heavy atom. The zero-order valence-corrected chi connectivity index (χ0v) is 11.0. The molecule has 0 bridgehead atoms. The Hall–Kier alpha value is -0.640. The molecule has 1 aromatic heterocycles. The highest BCUT2D eigenvalue weighted by Gasteiger charge is 2.08. The second-order valence-corrected chi connectivity index (χ2v) is 4.79. The van der Waals surface area contributed by atoms with Gasteiger partial charge in [0.1, 0.15) is 4.47 Å². The van der Waals surface area contributed by atoms with Crippen LogP contribution in [0.1, 0.15) is 32.4 Å². The van der Waals surface area contributed by atoms with Crippen molar-refractivity contribution in [3.05, 3.63) is 26.8 Å². The van der Waals surface area contributed by atoms with Crippen LogP contribution in [0.25, 0.3) is 0 Å². The van der Waals surface area contributed by atoms with Gasteiger partial charge >= 0.3 is 0 Å². The normalized spacial score (nSPS) is 12.8. The van der Waals surface area contributed by atoms with Crippen molar-refractivity contribution in [2.24, 2.45) is 5.92 Å². The number of halogens is 1. The van der Waals surface area contributed by atoms with Gasteiger partial charge in [-0.15, -0.1) is 0 Å². The number of hydrogen-bond acceptors (Lipinski definition) is 2. The molecule has 0 aromatic carbocycles. The van der Waals surface area contributed by atoms with Crippen molar-refractivity contribution in [1.82, 2.24) is 9.55 Å². The van der Waals surface area contributed by atoms with Crippen LogP contribution in [0.15, 0.2) is 15.6 Å². The summed E-state index contributed by atoms with van der Waals surface area (Å²) in [7, 11) is 0. The molecule has 0 spiro atoms. The summed E-state index contributed by atoms with van der Waals surface area (Å²) in [5.74, 6) is 0.518. The number of nitrogens with zero attached hydrogens (tertiary/aromatic N) is 2. The van der Waals surface area contributed by atoms with E-state index in [9.17, 15) is 4.79 Å². The lowest BCUT2D eigenvalue weighted by Crippen LogP contribution is -2.24. The molecule has 0 amide bonds. The van der Waals surface area contributed by atoms with Crippen LogP contribution in [-0.4, -0.2) is 9.55 Å². The molecule has 0 saturated heterocycles. The summed E-state index contributed by atoms with van der Waals surface area (Å²) in [6.07, 6.45) is 3.92.